The highest BCUT2D eigenvalue weighted by atomic mass is 16.6. The zero-order chi connectivity index (χ0) is 18.7. The van der Waals surface area contributed by atoms with E-state index in [2.05, 4.69) is 0 Å². The maximum atomic E-state index is 12.0. The molecule has 0 radical (unpaired) electrons. The normalized spacial score (nSPS) is 12.2. The van der Waals surface area contributed by atoms with Crippen molar-refractivity contribution in [1.82, 2.24) is 0 Å². The molecule has 0 spiro atoms. The SMILES string of the molecule is CC(C)OC(=O)[C@H](C)Oc1ccc2c(-c3ccccc3)cc(=O)oc2c1. The minimum Gasteiger partial charge on any atom is -0.479 e. The number of hydrogen-bond acceptors (Lipinski definition) is 5. The molecule has 1 atom stereocenters. The highest BCUT2D eigenvalue weighted by molar-refractivity contribution is 5.93. The molecule has 0 saturated heterocycles. The van der Waals surface area contributed by atoms with Crippen molar-refractivity contribution in [2.75, 3.05) is 0 Å². The second-order valence-corrected chi connectivity index (χ2v) is 6.25. The van der Waals surface area contributed by atoms with E-state index in [1.165, 1.54) is 6.07 Å². The molecule has 5 heteroatoms. The molecule has 0 N–H and O–H groups in total. The van der Waals surface area contributed by atoms with E-state index in [0.717, 1.165) is 16.5 Å². The van der Waals surface area contributed by atoms with Crippen molar-refractivity contribution < 1.29 is 18.7 Å². The van der Waals surface area contributed by atoms with Gasteiger partial charge >= 0.3 is 11.6 Å². The molecular formula is C21H20O5. The van der Waals surface area contributed by atoms with Crippen molar-refractivity contribution >= 4 is 16.9 Å². The summed E-state index contributed by atoms with van der Waals surface area (Å²) >= 11 is 0. The quantitative estimate of drug-likeness (QED) is 0.509. The molecule has 0 unspecified atom stereocenters. The lowest BCUT2D eigenvalue weighted by Gasteiger charge is -2.16. The molecule has 0 amide bonds. The minimum atomic E-state index is -0.765. The molecule has 1 aromatic heterocycles. The van der Waals surface area contributed by atoms with Crippen molar-refractivity contribution in [3.05, 3.63) is 65.0 Å². The van der Waals surface area contributed by atoms with E-state index < -0.39 is 17.7 Å². The number of carbonyl (C=O) groups is 1. The Kier molecular flexibility index (Phi) is 5.07. The van der Waals surface area contributed by atoms with E-state index in [0.29, 0.717) is 11.3 Å². The van der Waals surface area contributed by atoms with Crippen LogP contribution in [0.25, 0.3) is 22.1 Å². The van der Waals surface area contributed by atoms with Gasteiger partial charge in [-0.05, 0) is 44.0 Å². The van der Waals surface area contributed by atoms with Gasteiger partial charge < -0.3 is 13.9 Å². The maximum absolute atomic E-state index is 12.0. The lowest BCUT2D eigenvalue weighted by atomic mass is 10.0. The second-order valence-electron chi connectivity index (χ2n) is 6.25. The number of hydrogen-bond donors (Lipinski definition) is 0. The van der Waals surface area contributed by atoms with Gasteiger partial charge in [-0.2, -0.15) is 0 Å². The van der Waals surface area contributed by atoms with Gasteiger partial charge in [-0.25, -0.2) is 9.59 Å². The van der Waals surface area contributed by atoms with Gasteiger partial charge in [0, 0.05) is 17.5 Å². The lowest BCUT2D eigenvalue weighted by Crippen LogP contribution is -2.28. The summed E-state index contributed by atoms with van der Waals surface area (Å²) in [6.07, 6.45) is -0.976. The largest absolute Gasteiger partial charge is 0.479 e. The Morgan fingerprint density at radius 2 is 1.73 bits per heavy atom. The van der Waals surface area contributed by atoms with Crippen molar-refractivity contribution in [2.24, 2.45) is 0 Å². The molecule has 2 aromatic carbocycles. The summed E-state index contributed by atoms with van der Waals surface area (Å²) in [5.41, 5.74) is 1.67. The standard InChI is InChI=1S/C21H20O5/c1-13(2)24-21(23)14(3)25-16-9-10-17-18(15-7-5-4-6-8-15)12-20(22)26-19(17)11-16/h4-14H,1-3H3/t14-/m0/s1. The Labute approximate surface area is 151 Å². The molecule has 1 heterocycles. The van der Waals surface area contributed by atoms with Gasteiger partial charge in [0.1, 0.15) is 11.3 Å². The molecule has 0 aliphatic carbocycles. The highest BCUT2D eigenvalue weighted by Crippen LogP contribution is 2.29. The van der Waals surface area contributed by atoms with Crippen LogP contribution in [0, 0.1) is 0 Å². The van der Waals surface area contributed by atoms with Crippen molar-refractivity contribution in [3.8, 4) is 16.9 Å². The van der Waals surface area contributed by atoms with Crippen LogP contribution in [0.2, 0.25) is 0 Å². The average Bonchev–Trinajstić information content (AvgIpc) is 2.60. The van der Waals surface area contributed by atoms with Crippen LogP contribution < -0.4 is 10.4 Å². The molecule has 5 nitrogen and oxygen atoms in total. The van der Waals surface area contributed by atoms with Crippen LogP contribution in [0.1, 0.15) is 20.8 Å². The fourth-order valence-electron chi connectivity index (χ4n) is 2.65. The molecular weight excluding hydrogens is 332 g/mol. The fourth-order valence-corrected chi connectivity index (χ4v) is 2.65. The monoisotopic (exact) mass is 352 g/mol. The van der Waals surface area contributed by atoms with Crippen molar-refractivity contribution in [3.63, 3.8) is 0 Å². The predicted octanol–water partition coefficient (Wildman–Crippen LogP) is 4.18. The number of fused-ring (bicyclic) bond motifs is 1. The first-order valence-electron chi connectivity index (χ1n) is 8.44. The Bertz CT molecular complexity index is 973. The number of esters is 1. The van der Waals surface area contributed by atoms with E-state index in [4.69, 9.17) is 13.9 Å². The number of benzene rings is 2. The van der Waals surface area contributed by atoms with Gasteiger partial charge in [0.25, 0.3) is 0 Å². The summed E-state index contributed by atoms with van der Waals surface area (Å²) in [5.74, 6) is -0.0151. The first-order chi connectivity index (χ1) is 12.4. The van der Waals surface area contributed by atoms with E-state index in [-0.39, 0.29) is 6.10 Å². The molecule has 134 valence electrons. The van der Waals surface area contributed by atoms with E-state index in [1.54, 1.807) is 32.9 Å². The van der Waals surface area contributed by atoms with E-state index in [1.807, 2.05) is 36.4 Å². The highest BCUT2D eigenvalue weighted by Gasteiger charge is 2.18. The molecule has 0 aliphatic heterocycles. The van der Waals surface area contributed by atoms with Gasteiger partial charge in [-0.3, -0.25) is 0 Å². The first kappa shape index (κ1) is 17.7. The van der Waals surface area contributed by atoms with Gasteiger partial charge in [-0.15, -0.1) is 0 Å². The molecule has 0 saturated carbocycles. The minimum absolute atomic E-state index is 0.211. The lowest BCUT2D eigenvalue weighted by molar-refractivity contribution is -0.154. The van der Waals surface area contributed by atoms with E-state index >= 15 is 0 Å². The second kappa shape index (κ2) is 7.44. The predicted molar refractivity (Wildman–Crippen MR) is 99.2 cm³/mol. The van der Waals surface area contributed by atoms with Gasteiger partial charge in [0.2, 0.25) is 0 Å². The summed E-state index contributed by atoms with van der Waals surface area (Å²) in [6.45, 7) is 5.17. The number of rotatable bonds is 5. The smallest absolute Gasteiger partial charge is 0.347 e. The van der Waals surface area contributed by atoms with Crippen LogP contribution in [-0.4, -0.2) is 18.2 Å². The summed E-state index contributed by atoms with van der Waals surface area (Å²) < 4.78 is 16.1. The van der Waals surface area contributed by atoms with Gasteiger partial charge in [0.05, 0.1) is 6.10 Å². The third-order valence-electron chi connectivity index (χ3n) is 3.80. The summed E-state index contributed by atoms with van der Waals surface area (Å²) in [6, 6.07) is 16.3. The molecule has 0 aliphatic rings. The van der Waals surface area contributed by atoms with Gasteiger partial charge in [-0.1, -0.05) is 30.3 Å². The Morgan fingerprint density at radius 1 is 1.00 bits per heavy atom. The Morgan fingerprint density at radius 3 is 2.42 bits per heavy atom. The Hall–Kier alpha value is -3.08. The summed E-state index contributed by atoms with van der Waals surface area (Å²) in [5, 5.41) is 0.792. The average molecular weight is 352 g/mol. The van der Waals surface area contributed by atoms with Gasteiger partial charge in [0.15, 0.2) is 6.10 Å². The van der Waals surface area contributed by atoms with E-state index in [9.17, 15) is 9.59 Å². The number of carbonyl (C=O) groups excluding carboxylic acids is 1. The van der Waals surface area contributed by atoms with Crippen LogP contribution in [0.15, 0.2) is 63.8 Å². The van der Waals surface area contributed by atoms with Crippen LogP contribution in [0.4, 0.5) is 0 Å². The van der Waals surface area contributed by atoms with Crippen LogP contribution in [-0.2, 0) is 9.53 Å². The molecule has 0 fully saturated rings. The van der Waals surface area contributed by atoms with Crippen molar-refractivity contribution in [1.29, 1.82) is 0 Å². The topological polar surface area (TPSA) is 65.7 Å². The zero-order valence-electron chi connectivity index (χ0n) is 14.9. The molecule has 26 heavy (non-hydrogen) atoms. The van der Waals surface area contributed by atoms with Crippen LogP contribution >= 0.6 is 0 Å². The molecule has 0 bridgehead atoms. The summed E-state index contributed by atoms with van der Waals surface area (Å²) in [4.78, 5) is 23.9. The molecule has 3 rings (SSSR count). The Balaban J connectivity index is 1.95. The summed E-state index contributed by atoms with van der Waals surface area (Å²) in [7, 11) is 0. The van der Waals surface area contributed by atoms with Crippen LogP contribution in [0.3, 0.4) is 0 Å². The van der Waals surface area contributed by atoms with Crippen LogP contribution in [0.5, 0.6) is 5.75 Å². The maximum Gasteiger partial charge on any atom is 0.347 e. The first-order valence-corrected chi connectivity index (χ1v) is 8.44. The zero-order valence-corrected chi connectivity index (χ0v) is 14.9. The van der Waals surface area contributed by atoms with Crippen molar-refractivity contribution in [2.45, 2.75) is 33.0 Å². The third kappa shape index (κ3) is 3.94. The number of ether oxygens (including phenoxy) is 2. The third-order valence-corrected chi connectivity index (χ3v) is 3.80. The fraction of sp³-hybridized carbons (Fsp3) is 0.238. The molecule has 3 aromatic rings.